The van der Waals surface area contributed by atoms with Crippen LogP contribution in [0.2, 0.25) is 0 Å². The number of carbonyl (C=O) groups is 2. The normalized spacial score (nSPS) is 19.2. The number of ether oxygens (including phenoxy) is 1. The molecule has 0 N–H and O–H groups in total. The summed E-state index contributed by atoms with van der Waals surface area (Å²) < 4.78 is 61.7. The SMILES string of the molecule is CC(C)(C)OC(=O)N(CCF)CCc1ccc(C(=O)CC(C[N+](=O)[O-])(C2=CC(Cl)C(Cl)C(Cl)=C2)C(F)(F)F)cc1. The number of ketones is 1. The van der Waals surface area contributed by atoms with Gasteiger partial charge >= 0.3 is 12.3 Å². The van der Waals surface area contributed by atoms with Crippen LogP contribution in [0.1, 0.15) is 43.1 Å². The standard InChI is InChI=1S/C26H29Cl3F4N2O5/c1-24(2,3)40-23(37)34(11-9-30)10-8-16-4-6-17(7-5-16)21(36)14-25(15-35(38)39,26(31,32)33)18-12-19(27)22(29)20(28)13-18/h4-7,12-13,19,22H,8-11,14-15H2,1-3H3. The monoisotopic (exact) mass is 630 g/mol. The summed E-state index contributed by atoms with van der Waals surface area (Å²) in [5.74, 6) is -0.997. The van der Waals surface area contributed by atoms with E-state index >= 15 is 0 Å². The van der Waals surface area contributed by atoms with Crippen LogP contribution in [0.4, 0.5) is 22.4 Å². The van der Waals surface area contributed by atoms with Gasteiger partial charge in [-0.15, -0.1) is 23.2 Å². The minimum Gasteiger partial charge on any atom is -0.444 e. The first-order valence-corrected chi connectivity index (χ1v) is 13.4. The van der Waals surface area contributed by atoms with Gasteiger partial charge in [0, 0.05) is 28.5 Å². The molecule has 7 nitrogen and oxygen atoms in total. The first-order valence-electron chi connectivity index (χ1n) is 12.1. The van der Waals surface area contributed by atoms with Gasteiger partial charge in [0.2, 0.25) is 6.54 Å². The highest BCUT2D eigenvalue weighted by Gasteiger charge is 2.61. The number of hydrogen-bond donors (Lipinski definition) is 0. The van der Waals surface area contributed by atoms with E-state index in [0.29, 0.717) is 5.56 Å². The predicted molar refractivity (Wildman–Crippen MR) is 145 cm³/mol. The second-order valence-electron chi connectivity index (χ2n) is 10.3. The Morgan fingerprint density at radius 2 is 1.70 bits per heavy atom. The molecule has 1 aliphatic carbocycles. The maximum atomic E-state index is 14.5. The molecular formula is C26H29Cl3F4N2O5. The van der Waals surface area contributed by atoms with Crippen molar-refractivity contribution in [3.8, 4) is 0 Å². The van der Waals surface area contributed by atoms with Crippen LogP contribution in [-0.2, 0) is 11.2 Å². The average Bonchev–Trinajstić information content (AvgIpc) is 2.82. The molecule has 1 aliphatic rings. The quantitative estimate of drug-likeness (QED) is 0.0854. The Morgan fingerprint density at radius 3 is 2.17 bits per heavy atom. The first-order chi connectivity index (χ1) is 18.4. The molecule has 1 aromatic carbocycles. The van der Waals surface area contributed by atoms with Gasteiger partial charge < -0.3 is 9.64 Å². The lowest BCUT2D eigenvalue weighted by Crippen LogP contribution is -2.47. The van der Waals surface area contributed by atoms with E-state index in [0.717, 1.165) is 12.2 Å². The summed E-state index contributed by atoms with van der Waals surface area (Å²) in [5, 5.41) is 8.93. The number of hydrogen-bond acceptors (Lipinski definition) is 5. The lowest BCUT2D eigenvalue weighted by Gasteiger charge is -2.35. The second kappa shape index (κ2) is 13.5. The van der Waals surface area contributed by atoms with Crippen molar-refractivity contribution in [2.24, 2.45) is 5.41 Å². The maximum Gasteiger partial charge on any atom is 0.410 e. The number of nitrogens with zero attached hydrogens (tertiary/aromatic N) is 2. The highest BCUT2D eigenvalue weighted by Crippen LogP contribution is 2.50. The third kappa shape index (κ3) is 8.81. The van der Waals surface area contributed by atoms with Gasteiger partial charge in [-0.3, -0.25) is 14.9 Å². The first kappa shape index (κ1) is 33.8. The molecule has 3 atom stereocenters. The van der Waals surface area contributed by atoms with Crippen LogP contribution in [0.25, 0.3) is 0 Å². The number of halogens is 7. The molecule has 222 valence electrons. The molecule has 0 fully saturated rings. The smallest absolute Gasteiger partial charge is 0.410 e. The van der Waals surface area contributed by atoms with E-state index in [1.807, 2.05) is 0 Å². The van der Waals surface area contributed by atoms with Crippen LogP contribution < -0.4 is 0 Å². The summed E-state index contributed by atoms with van der Waals surface area (Å²) in [6.45, 7) is 2.50. The van der Waals surface area contributed by atoms with Crippen LogP contribution in [0, 0.1) is 15.5 Å². The summed E-state index contributed by atoms with van der Waals surface area (Å²) in [7, 11) is 0. The van der Waals surface area contributed by atoms with E-state index in [-0.39, 0.29) is 30.1 Å². The Bertz CT molecular complexity index is 1150. The zero-order chi connectivity index (χ0) is 30.5. The summed E-state index contributed by atoms with van der Waals surface area (Å²) in [6.07, 6.45) is -5.13. The number of Topliss-reactive ketones (excluding diaryl/α,β-unsaturated/α-hetero) is 1. The number of rotatable bonds is 11. The number of amides is 1. The van der Waals surface area contributed by atoms with Gasteiger partial charge in [-0.2, -0.15) is 13.2 Å². The Labute approximate surface area is 244 Å². The summed E-state index contributed by atoms with van der Waals surface area (Å²) in [6, 6.07) is 5.52. The van der Waals surface area contributed by atoms with E-state index in [9.17, 15) is 37.3 Å². The molecule has 0 aliphatic heterocycles. The lowest BCUT2D eigenvalue weighted by molar-refractivity contribution is -0.507. The van der Waals surface area contributed by atoms with Gasteiger partial charge in [-0.05, 0) is 44.4 Å². The summed E-state index contributed by atoms with van der Waals surface area (Å²) in [4.78, 5) is 36.8. The Kier molecular flexibility index (Phi) is 11.4. The van der Waals surface area contributed by atoms with Crippen molar-refractivity contribution in [1.82, 2.24) is 4.90 Å². The van der Waals surface area contributed by atoms with E-state index in [2.05, 4.69) is 0 Å². The van der Waals surface area contributed by atoms with Gasteiger partial charge in [-0.1, -0.05) is 41.9 Å². The molecular weight excluding hydrogens is 603 g/mol. The zero-order valence-corrected chi connectivity index (χ0v) is 24.2. The maximum absolute atomic E-state index is 14.5. The molecule has 1 amide bonds. The van der Waals surface area contributed by atoms with Crippen molar-refractivity contribution in [3.63, 3.8) is 0 Å². The van der Waals surface area contributed by atoms with Crippen LogP contribution in [-0.4, -0.2) is 70.5 Å². The van der Waals surface area contributed by atoms with Crippen molar-refractivity contribution in [2.45, 2.75) is 56.1 Å². The number of nitro groups is 1. The number of benzene rings is 1. The second-order valence-corrected chi connectivity index (χ2v) is 11.7. The molecule has 0 bridgehead atoms. The highest BCUT2D eigenvalue weighted by molar-refractivity contribution is 6.41. The average molecular weight is 632 g/mol. The van der Waals surface area contributed by atoms with Gasteiger partial charge in [0.05, 0.1) is 17.3 Å². The van der Waals surface area contributed by atoms with Crippen molar-refractivity contribution in [3.05, 3.63) is 68.3 Å². The van der Waals surface area contributed by atoms with Gasteiger partial charge in [0.15, 0.2) is 11.2 Å². The van der Waals surface area contributed by atoms with Crippen LogP contribution in [0.15, 0.2) is 47.0 Å². The Balaban J connectivity index is 2.29. The largest absolute Gasteiger partial charge is 0.444 e. The van der Waals surface area contributed by atoms with E-state index in [1.165, 1.54) is 29.2 Å². The fraction of sp³-hybridized carbons (Fsp3) is 0.538. The third-order valence-corrected chi connectivity index (χ3v) is 7.55. The van der Waals surface area contributed by atoms with Crippen LogP contribution in [0.3, 0.4) is 0 Å². The lowest BCUT2D eigenvalue weighted by atomic mass is 9.72. The molecule has 1 aromatic rings. The zero-order valence-electron chi connectivity index (χ0n) is 21.9. The van der Waals surface area contributed by atoms with Crippen molar-refractivity contribution in [2.75, 3.05) is 26.3 Å². The van der Waals surface area contributed by atoms with E-state index < -0.39 is 70.0 Å². The third-order valence-electron chi connectivity index (χ3n) is 6.08. The Hall–Kier alpha value is -2.37. The molecule has 3 unspecified atom stereocenters. The van der Waals surface area contributed by atoms with E-state index in [1.54, 1.807) is 20.8 Å². The van der Waals surface area contributed by atoms with Crippen molar-refractivity contribution < 1.29 is 36.8 Å². The van der Waals surface area contributed by atoms with Crippen molar-refractivity contribution >= 4 is 46.7 Å². The van der Waals surface area contributed by atoms with Crippen LogP contribution >= 0.6 is 34.8 Å². The molecule has 0 spiro atoms. The molecule has 0 radical (unpaired) electrons. The van der Waals surface area contributed by atoms with E-state index in [4.69, 9.17) is 39.5 Å². The van der Waals surface area contributed by atoms with Gasteiger partial charge in [-0.25, -0.2) is 9.18 Å². The fourth-order valence-corrected chi connectivity index (χ4v) is 4.75. The molecule has 14 heteroatoms. The summed E-state index contributed by atoms with van der Waals surface area (Å²) in [5.41, 5.74) is -4.10. The predicted octanol–water partition coefficient (Wildman–Crippen LogP) is 7.11. The van der Waals surface area contributed by atoms with Crippen LogP contribution in [0.5, 0.6) is 0 Å². The molecule has 2 rings (SSSR count). The number of alkyl halides is 6. The molecule has 40 heavy (non-hydrogen) atoms. The molecule has 0 heterocycles. The minimum absolute atomic E-state index is 0.0918. The molecule has 0 saturated heterocycles. The molecule has 0 saturated carbocycles. The van der Waals surface area contributed by atoms with Crippen molar-refractivity contribution in [1.29, 1.82) is 0 Å². The number of carbonyl (C=O) groups excluding carboxylic acids is 2. The topological polar surface area (TPSA) is 89.8 Å². The minimum atomic E-state index is -5.22. The highest BCUT2D eigenvalue weighted by atomic mass is 35.5. The Morgan fingerprint density at radius 1 is 1.10 bits per heavy atom. The van der Waals surface area contributed by atoms with Gasteiger partial charge in [0.25, 0.3) is 0 Å². The molecule has 0 aromatic heterocycles. The summed E-state index contributed by atoms with van der Waals surface area (Å²) >= 11 is 18.0. The van der Waals surface area contributed by atoms with Gasteiger partial charge in [0.1, 0.15) is 12.3 Å². The fourth-order valence-electron chi connectivity index (χ4n) is 4.03. The number of allylic oxidation sites excluding steroid dienone is 3.